The zero-order chi connectivity index (χ0) is 29.7. The van der Waals surface area contributed by atoms with Crippen LogP contribution in [0.25, 0.3) is 0 Å². The second-order valence-corrected chi connectivity index (χ2v) is 11.1. The van der Waals surface area contributed by atoms with Gasteiger partial charge in [0.25, 0.3) is 5.91 Å². The molecule has 0 spiro atoms. The number of fused-ring (bicyclic) bond motifs is 1. The number of hydrogen-bond donors (Lipinski definition) is 1. The topological polar surface area (TPSA) is 108 Å². The molecule has 2 aromatic carbocycles. The zero-order valence-electron chi connectivity index (χ0n) is 23.6. The largest absolute Gasteiger partial charge is 0.371 e. The summed E-state index contributed by atoms with van der Waals surface area (Å²) in [6, 6.07) is 12.5. The van der Waals surface area contributed by atoms with Crippen LogP contribution in [0.2, 0.25) is 0 Å². The van der Waals surface area contributed by atoms with E-state index < -0.39 is 41.3 Å². The van der Waals surface area contributed by atoms with E-state index in [4.69, 9.17) is 18.9 Å². The van der Waals surface area contributed by atoms with Crippen molar-refractivity contribution in [2.75, 3.05) is 6.54 Å². The number of halogens is 2. The predicted octanol–water partition coefficient (Wildman–Crippen LogP) is 4.39. The van der Waals surface area contributed by atoms with Gasteiger partial charge in [-0.2, -0.15) is 5.26 Å². The van der Waals surface area contributed by atoms with Crippen molar-refractivity contribution in [1.82, 2.24) is 14.9 Å². The van der Waals surface area contributed by atoms with Gasteiger partial charge in [0.05, 0.1) is 43.4 Å². The van der Waals surface area contributed by atoms with Gasteiger partial charge in [-0.1, -0.05) is 24.3 Å². The number of rotatable bonds is 11. The number of carbonyl (C=O) groups is 1. The fourth-order valence-corrected chi connectivity index (χ4v) is 5.56. The normalized spacial score (nSPS) is 24.6. The third kappa shape index (κ3) is 6.85. The molecule has 0 bridgehead atoms. The number of benzene rings is 2. The molecule has 222 valence electrons. The lowest BCUT2D eigenvalue weighted by Crippen LogP contribution is -2.60. The molecule has 1 saturated heterocycles. The molecule has 1 aromatic heterocycles. The molecule has 0 radical (unpaired) electrons. The SMILES string of the molecule is CC1(C)O[C@H]2[C@@H](OCc3ccccc3C#N)C[C@](OCc3ccc(F)cc3F)(C(=O)NCCCn3ccnc3)C[C@H]2O1. The van der Waals surface area contributed by atoms with E-state index in [2.05, 4.69) is 16.4 Å². The lowest BCUT2D eigenvalue weighted by atomic mass is 9.78. The van der Waals surface area contributed by atoms with Crippen LogP contribution in [-0.2, 0) is 43.5 Å². The smallest absolute Gasteiger partial charge is 0.252 e. The fourth-order valence-electron chi connectivity index (χ4n) is 5.56. The molecule has 2 heterocycles. The van der Waals surface area contributed by atoms with Crippen molar-refractivity contribution in [3.63, 3.8) is 0 Å². The minimum atomic E-state index is -1.46. The lowest BCUT2D eigenvalue weighted by molar-refractivity contribution is -0.183. The Morgan fingerprint density at radius 3 is 2.76 bits per heavy atom. The van der Waals surface area contributed by atoms with Gasteiger partial charge in [0, 0.05) is 50.0 Å². The van der Waals surface area contributed by atoms with Gasteiger partial charge >= 0.3 is 0 Å². The zero-order valence-corrected chi connectivity index (χ0v) is 23.6. The molecule has 11 heteroatoms. The maximum absolute atomic E-state index is 14.6. The highest BCUT2D eigenvalue weighted by Gasteiger charge is 2.58. The summed E-state index contributed by atoms with van der Waals surface area (Å²) in [4.78, 5) is 17.9. The number of nitrogens with zero attached hydrogens (tertiary/aromatic N) is 3. The van der Waals surface area contributed by atoms with Crippen LogP contribution in [0.5, 0.6) is 0 Å². The third-order valence-corrected chi connectivity index (χ3v) is 7.61. The van der Waals surface area contributed by atoms with E-state index in [9.17, 15) is 18.8 Å². The molecule has 1 aliphatic carbocycles. The van der Waals surface area contributed by atoms with E-state index in [1.165, 1.54) is 6.07 Å². The highest BCUT2D eigenvalue weighted by Crippen LogP contribution is 2.44. The summed E-state index contributed by atoms with van der Waals surface area (Å²) >= 11 is 0. The monoisotopic (exact) mass is 580 g/mol. The number of aryl methyl sites for hydroxylation is 1. The number of hydrogen-bond acceptors (Lipinski definition) is 7. The van der Waals surface area contributed by atoms with Crippen LogP contribution < -0.4 is 5.32 Å². The molecule has 1 N–H and O–H groups in total. The van der Waals surface area contributed by atoms with Crippen LogP contribution in [0.4, 0.5) is 8.78 Å². The second kappa shape index (κ2) is 12.7. The highest BCUT2D eigenvalue weighted by atomic mass is 19.1. The fraction of sp³-hybridized carbons (Fsp3) is 0.452. The molecule has 2 aliphatic rings. The molecule has 3 aromatic rings. The van der Waals surface area contributed by atoms with Gasteiger partial charge in [-0.15, -0.1) is 0 Å². The predicted molar refractivity (Wildman–Crippen MR) is 147 cm³/mol. The quantitative estimate of drug-likeness (QED) is 0.335. The first kappa shape index (κ1) is 29.8. The molecule has 0 unspecified atom stereocenters. The van der Waals surface area contributed by atoms with Crippen LogP contribution in [-0.4, -0.2) is 51.7 Å². The van der Waals surface area contributed by atoms with E-state index in [0.29, 0.717) is 30.6 Å². The van der Waals surface area contributed by atoms with Crippen LogP contribution >= 0.6 is 0 Å². The van der Waals surface area contributed by atoms with E-state index in [1.807, 2.05) is 22.9 Å². The first-order valence-corrected chi connectivity index (χ1v) is 14.0. The third-order valence-electron chi connectivity index (χ3n) is 7.61. The number of aromatic nitrogens is 2. The number of ether oxygens (including phenoxy) is 4. The van der Waals surface area contributed by atoms with Crippen molar-refractivity contribution in [1.29, 1.82) is 5.26 Å². The Bertz CT molecular complexity index is 1430. The standard InChI is InChI=1S/C31H34F2N4O5/c1-30(2)41-27-16-31(40-19-23-8-9-24(32)14-25(23)33,29(38)36-10-5-12-37-13-11-35-20-37)15-26(28(27)42-30)39-18-22-7-4-3-6-21(22)17-34/h3-4,6-9,11,13-14,20,26-28H,5,10,12,15-16,18-19H2,1-2H3,(H,36,38)/t26-,27+,28-,31+/m0/s1. The van der Waals surface area contributed by atoms with E-state index >= 15 is 0 Å². The van der Waals surface area contributed by atoms with Crippen molar-refractivity contribution < 1.29 is 32.5 Å². The summed E-state index contributed by atoms with van der Waals surface area (Å²) in [5.74, 6) is -2.77. The van der Waals surface area contributed by atoms with Crippen molar-refractivity contribution in [2.45, 2.75) is 82.6 Å². The molecule has 42 heavy (non-hydrogen) atoms. The lowest BCUT2D eigenvalue weighted by Gasteiger charge is -2.43. The number of carbonyl (C=O) groups excluding carboxylic acids is 1. The Balaban J connectivity index is 1.38. The molecular formula is C31H34F2N4O5. The average molecular weight is 581 g/mol. The highest BCUT2D eigenvalue weighted by molar-refractivity contribution is 5.85. The molecule has 2 fully saturated rings. The summed E-state index contributed by atoms with van der Waals surface area (Å²) < 4.78 is 55.1. The molecular weight excluding hydrogens is 546 g/mol. The van der Waals surface area contributed by atoms with E-state index in [0.717, 1.165) is 12.1 Å². The van der Waals surface area contributed by atoms with Crippen LogP contribution in [0.1, 0.15) is 49.8 Å². The van der Waals surface area contributed by atoms with E-state index in [1.54, 1.807) is 38.5 Å². The summed E-state index contributed by atoms with van der Waals surface area (Å²) in [5, 5.41) is 12.5. The van der Waals surface area contributed by atoms with Gasteiger partial charge in [0.15, 0.2) is 11.4 Å². The molecule has 4 atom stereocenters. The molecule has 1 amide bonds. The molecule has 1 saturated carbocycles. The summed E-state index contributed by atoms with van der Waals surface area (Å²) in [6.45, 7) is 4.45. The van der Waals surface area contributed by atoms with Crippen molar-refractivity contribution in [3.8, 4) is 6.07 Å². The molecule has 1 aliphatic heterocycles. The van der Waals surface area contributed by atoms with E-state index in [-0.39, 0.29) is 37.5 Å². The second-order valence-electron chi connectivity index (χ2n) is 11.1. The van der Waals surface area contributed by atoms with Crippen LogP contribution in [0, 0.1) is 23.0 Å². The first-order chi connectivity index (χ1) is 20.2. The first-order valence-electron chi connectivity index (χ1n) is 14.0. The Kier molecular flexibility index (Phi) is 8.99. The Labute approximate surface area is 243 Å². The van der Waals surface area contributed by atoms with Crippen molar-refractivity contribution >= 4 is 5.91 Å². The van der Waals surface area contributed by atoms with Gasteiger partial charge in [-0.25, -0.2) is 13.8 Å². The Morgan fingerprint density at radius 1 is 1.17 bits per heavy atom. The molecule has 9 nitrogen and oxygen atoms in total. The van der Waals surface area contributed by atoms with Crippen molar-refractivity contribution in [3.05, 3.63) is 89.5 Å². The van der Waals surface area contributed by atoms with Gasteiger partial charge in [0.2, 0.25) is 0 Å². The number of imidazole rings is 1. The summed E-state index contributed by atoms with van der Waals surface area (Å²) in [6.07, 6.45) is 4.43. The van der Waals surface area contributed by atoms with Gasteiger partial charge in [-0.3, -0.25) is 4.79 Å². The number of nitriles is 1. The maximum Gasteiger partial charge on any atom is 0.252 e. The molecule has 5 rings (SSSR count). The van der Waals surface area contributed by atoms with Crippen molar-refractivity contribution in [2.24, 2.45) is 0 Å². The van der Waals surface area contributed by atoms with Crippen LogP contribution in [0.15, 0.2) is 61.2 Å². The number of nitrogens with one attached hydrogen (secondary N) is 1. The Hall–Kier alpha value is -3.69. The summed E-state index contributed by atoms with van der Waals surface area (Å²) in [7, 11) is 0. The average Bonchev–Trinajstić information content (AvgIpc) is 3.59. The van der Waals surface area contributed by atoms with Gasteiger partial charge in [-0.05, 0) is 38.0 Å². The Morgan fingerprint density at radius 2 is 2.00 bits per heavy atom. The number of amides is 1. The minimum absolute atomic E-state index is 0.0957. The van der Waals surface area contributed by atoms with Gasteiger partial charge in [0.1, 0.15) is 17.7 Å². The van der Waals surface area contributed by atoms with Gasteiger partial charge < -0.3 is 28.8 Å². The minimum Gasteiger partial charge on any atom is -0.371 e. The maximum atomic E-state index is 14.6. The van der Waals surface area contributed by atoms with Crippen LogP contribution in [0.3, 0.4) is 0 Å². The summed E-state index contributed by atoms with van der Waals surface area (Å²) in [5.41, 5.74) is -0.154.